The first-order valence-electron chi connectivity index (χ1n) is 13.5. The number of ketones is 2. The van der Waals surface area contributed by atoms with E-state index in [2.05, 4.69) is 28.1 Å². The molecule has 0 unspecified atom stereocenters. The topological polar surface area (TPSA) is 93.1 Å². The molecule has 0 fully saturated rings. The summed E-state index contributed by atoms with van der Waals surface area (Å²) in [5.41, 5.74) is 4.30. The monoisotopic (exact) mass is 688 g/mol. The van der Waals surface area contributed by atoms with E-state index in [0.717, 1.165) is 52.6 Å². The summed E-state index contributed by atoms with van der Waals surface area (Å²) in [6.45, 7) is 3.21. The van der Waals surface area contributed by atoms with Gasteiger partial charge in [0.05, 0.1) is 14.2 Å². The Hall–Kier alpha value is -3.80. The molecule has 6 rings (SSSR count). The fourth-order valence-corrected chi connectivity index (χ4v) is 7.25. The SMILES string of the molecule is CC(=O)c1csc2c(Br)cccc12.COc1cccc(-c2cccc3c(C(C)=O)csc23)c1.COc1cccc(B(O)O)c1. The molecule has 2 N–H and O–H groups in total. The highest BCUT2D eigenvalue weighted by Gasteiger charge is 2.13. The fourth-order valence-electron chi connectivity index (χ4n) is 4.44. The first-order chi connectivity index (χ1) is 21.1. The van der Waals surface area contributed by atoms with Crippen LogP contribution in [-0.4, -0.2) is 43.0 Å². The Kier molecular flexibility index (Phi) is 11.5. The highest BCUT2D eigenvalue weighted by molar-refractivity contribution is 9.10. The zero-order valence-electron chi connectivity index (χ0n) is 24.5. The molecule has 0 bridgehead atoms. The van der Waals surface area contributed by atoms with Crippen LogP contribution in [-0.2, 0) is 0 Å². The van der Waals surface area contributed by atoms with Crippen LogP contribution in [0.3, 0.4) is 0 Å². The van der Waals surface area contributed by atoms with Gasteiger partial charge in [0.15, 0.2) is 11.6 Å². The molecular formula is C34H30BBrO6S2. The maximum Gasteiger partial charge on any atom is 0.488 e. The van der Waals surface area contributed by atoms with Gasteiger partial charge in [-0.25, -0.2) is 0 Å². The van der Waals surface area contributed by atoms with E-state index in [-0.39, 0.29) is 11.6 Å². The summed E-state index contributed by atoms with van der Waals surface area (Å²) in [4.78, 5) is 22.9. The van der Waals surface area contributed by atoms with Crippen LogP contribution in [0.5, 0.6) is 11.5 Å². The van der Waals surface area contributed by atoms with Gasteiger partial charge in [-0.1, -0.05) is 54.6 Å². The smallest absolute Gasteiger partial charge is 0.488 e. The molecule has 0 radical (unpaired) electrons. The third kappa shape index (κ3) is 7.83. The van der Waals surface area contributed by atoms with Crippen LogP contribution >= 0.6 is 38.6 Å². The van der Waals surface area contributed by atoms with Crippen molar-refractivity contribution in [3.8, 4) is 22.6 Å². The molecule has 0 atom stereocenters. The molecule has 0 saturated carbocycles. The molecule has 2 aromatic heterocycles. The number of Topliss-reactive ketones (excluding diaryl/α,β-unsaturated/α-hetero) is 2. The highest BCUT2D eigenvalue weighted by Crippen LogP contribution is 2.36. The normalized spacial score (nSPS) is 10.3. The predicted molar refractivity (Wildman–Crippen MR) is 186 cm³/mol. The number of benzene rings is 4. The number of thiophene rings is 2. The lowest BCUT2D eigenvalue weighted by atomic mass is 9.80. The Morgan fingerprint density at radius 1 is 0.705 bits per heavy atom. The largest absolute Gasteiger partial charge is 0.497 e. The number of hydrogen-bond donors (Lipinski definition) is 2. The van der Waals surface area contributed by atoms with E-state index >= 15 is 0 Å². The van der Waals surface area contributed by atoms with Gasteiger partial charge in [-0.3, -0.25) is 9.59 Å². The molecule has 0 saturated heterocycles. The zero-order valence-corrected chi connectivity index (χ0v) is 27.8. The van der Waals surface area contributed by atoms with Crippen molar-refractivity contribution in [3.05, 3.63) is 111 Å². The molecular weight excluding hydrogens is 659 g/mol. The highest BCUT2D eigenvalue weighted by atomic mass is 79.9. The fraction of sp³-hybridized carbons (Fsp3) is 0.118. The molecule has 10 heteroatoms. The van der Waals surface area contributed by atoms with Crippen LogP contribution < -0.4 is 14.9 Å². The first-order valence-corrected chi connectivity index (χ1v) is 16.0. The van der Waals surface area contributed by atoms with Crippen LogP contribution in [0, 0.1) is 0 Å². The number of hydrogen-bond acceptors (Lipinski definition) is 8. The maximum absolute atomic E-state index is 11.7. The van der Waals surface area contributed by atoms with Gasteiger partial charge in [0.2, 0.25) is 0 Å². The molecule has 44 heavy (non-hydrogen) atoms. The summed E-state index contributed by atoms with van der Waals surface area (Å²) in [6, 6.07) is 26.6. The molecule has 0 aliphatic carbocycles. The summed E-state index contributed by atoms with van der Waals surface area (Å²) in [5.74, 6) is 1.70. The third-order valence-electron chi connectivity index (χ3n) is 6.68. The molecule has 6 nitrogen and oxygen atoms in total. The van der Waals surface area contributed by atoms with Crippen LogP contribution in [0.1, 0.15) is 34.6 Å². The lowest BCUT2D eigenvalue weighted by molar-refractivity contribution is 0.101. The number of ether oxygens (including phenoxy) is 2. The maximum atomic E-state index is 11.7. The molecule has 4 aromatic carbocycles. The molecule has 0 amide bonds. The minimum atomic E-state index is -1.43. The quantitative estimate of drug-likeness (QED) is 0.136. The van der Waals surface area contributed by atoms with E-state index in [1.165, 1.54) is 7.11 Å². The van der Waals surface area contributed by atoms with Crippen molar-refractivity contribution in [1.29, 1.82) is 0 Å². The predicted octanol–water partition coefficient (Wildman–Crippen LogP) is 8.02. The number of rotatable bonds is 6. The third-order valence-corrected chi connectivity index (χ3v) is 9.66. The standard InChI is InChI=1S/C17H14O2S.C10H7BrOS.C7H9BO3/c1-11(18)16-10-20-17-14(7-4-8-15(16)17)12-5-3-6-13(9-12)19-2;1-6(12)8-5-13-10-7(8)3-2-4-9(10)11;1-11-7-4-2-3-6(5-7)8(9)10/h3-10H,1-2H3;2-5H,1H3;2-5,9-10H,1H3. The minimum Gasteiger partial charge on any atom is -0.497 e. The number of carbonyl (C=O) groups excluding carboxylic acids is 2. The van der Waals surface area contributed by atoms with E-state index < -0.39 is 7.12 Å². The summed E-state index contributed by atoms with van der Waals surface area (Å²) < 4.78 is 13.5. The average Bonchev–Trinajstić information content (AvgIpc) is 3.68. The van der Waals surface area contributed by atoms with E-state index in [4.69, 9.17) is 19.5 Å². The number of halogens is 1. The second-order valence-corrected chi connectivity index (χ2v) is 12.2. The van der Waals surface area contributed by atoms with Crippen molar-refractivity contribution in [1.82, 2.24) is 0 Å². The lowest BCUT2D eigenvalue weighted by Crippen LogP contribution is -2.29. The summed E-state index contributed by atoms with van der Waals surface area (Å²) >= 11 is 6.68. The van der Waals surface area contributed by atoms with Gasteiger partial charge in [0, 0.05) is 46.5 Å². The van der Waals surface area contributed by atoms with Crippen LogP contribution in [0.15, 0.2) is 100 Å². The van der Waals surface area contributed by atoms with Crippen LogP contribution in [0.2, 0.25) is 0 Å². The van der Waals surface area contributed by atoms with Crippen LogP contribution in [0.4, 0.5) is 0 Å². The molecule has 2 heterocycles. The van der Waals surface area contributed by atoms with Crippen molar-refractivity contribution in [3.63, 3.8) is 0 Å². The van der Waals surface area contributed by atoms with Gasteiger partial charge in [0.1, 0.15) is 11.5 Å². The van der Waals surface area contributed by atoms with Gasteiger partial charge in [-0.15, -0.1) is 22.7 Å². The average molecular weight is 689 g/mol. The van der Waals surface area contributed by atoms with Gasteiger partial charge in [-0.05, 0) is 76.7 Å². The van der Waals surface area contributed by atoms with Gasteiger partial charge < -0.3 is 19.5 Å². The number of methoxy groups -OCH3 is 2. The zero-order chi connectivity index (χ0) is 31.8. The molecule has 6 aromatic rings. The lowest BCUT2D eigenvalue weighted by Gasteiger charge is -2.06. The van der Waals surface area contributed by atoms with Crippen molar-refractivity contribution in [2.75, 3.05) is 14.2 Å². The van der Waals surface area contributed by atoms with Crippen LogP contribution in [0.25, 0.3) is 31.3 Å². The Bertz CT molecular complexity index is 1910. The van der Waals surface area contributed by atoms with Gasteiger partial charge in [-0.2, -0.15) is 0 Å². The van der Waals surface area contributed by atoms with E-state index in [9.17, 15) is 9.59 Å². The van der Waals surface area contributed by atoms with Crippen molar-refractivity contribution in [2.24, 2.45) is 0 Å². The van der Waals surface area contributed by atoms with Crippen molar-refractivity contribution < 1.29 is 29.1 Å². The Morgan fingerprint density at radius 2 is 1.23 bits per heavy atom. The van der Waals surface area contributed by atoms with Gasteiger partial charge in [0.25, 0.3) is 0 Å². The number of fused-ring (bicyclic) bond motifs is 2. The molecule has 0 aliphatic rings. The number of carbonyl (C=O) groups is 2. The molecule has 0 aliphatic heterocycles. The van der Waals surface area contributed by atoms with Crippen molar-refractivity contribution in [2.45, 2.75) is 13.8 Å². The second-order valence-electron chi connectivity index (χ2n) is 9.59. The van der Waals surface area contributed by atoms with Crippen molar-refractivity contribution >= 4 is 82.9 Å². The van der Waals surface area contributed by atoms with E-state index in [1.807, 2.05) is 59.3 Å². The summed E-state index contributed by atoms with van der Waals surface area (Å²) in [6.07, 6.45) is 0. The van der Waals surface area contributed by atoms with Gasteiger partial charge >= 0.3 is 7.12 Å². The second kappa shape index (κ2) is 15.3. The Balaban J connectivity index is 0.000000160. The van der Waals surface area contributed by atoms with E-state index in [1.54, 1.807) is 67.9 Å². The summed E-state index contributed by atoms with van der Waals surface area (Å²) in [5, 5.41) is 23.4. The Morgan fingerprint density at radius 3 is 1.82 bits per heavy atom. The summed E-state index contributed by atoms with van der Waals surface area (Å²) in [7, 11) is 1.77. The first kappa shape index (κ1) is 33.1. The molecule has 0 spiro atoms. The Labute approximate surface area is 272 Å². The van der Waals surface area contributed by atoms with E-state index in [0.29, 0.717) is 11.2 Å². The minimum absolute atomic E-state index is 0.110. The molecule has 224 valence electrons.